The number of alkyl halides is 3. The lowest BCUT2D eigenvalue weighted by Gasteiger charge is -2.24. The van der Waals surface area contributed by atoms with E-state index in [2.05, 4.69) is 43.1 Å². The molecule has 0 bridgehead atoms. The third-order valence-electron chi connectivity index (χ3n) is 6.90. The van der Waals surface area contributed by atoms with E-state index in [0.29, 0.717) is 60.0 Å². The van der Waals surface area contributed by atoms with E-state index in [-0.39, 0.29) is 17.9 Å². The van der Waals surface area contributed by atoms with Crippen LogP contribution in [0.2, 0.25) is 0 Å². The maximum atomic E-state index is 14.4. The number of likely N-dealkylation sites (tertiary alicyclic amines) is 1. The van der Waals surface area contributed by atoms with Crippen LogP contribution >= 0.6 is 27.5 Å². The summed E-state index contributed by atoms with van der Waals surface area (Å²) in [6.07, 6.45) is 10.1. The Labute approximate surface area is 238 Å². The largest absolute Gasteiger partial charge is 0.489 e. The lowest BCUT2D eigenvalue weighted by atomic mass is 10.1. The van der Waals surface area contributed by atoms with Crippen LogP contribution in [0.4, 0.5) is 15.9 Å². The van der Waals surface area contributed by atoms with Crippen molar-refractivity contribution >= 4 is 61.8 Å². The van der Waals surface area contributed by atoms with Crippen LogP contribution in [-0.4, -0.2) is 68.5 Å². The average molecular weight is 621 g/mol. The molecule has 2 aliphatic heterocycles. The van der Waals surface area contributed by atoms with E-state index >= 15 is 0 Å². The van der Waals surface area contributed by atoms with Crippen LogP contribution in [-0.2, 0) is 14.3 Å². The van der Waals surface area contributed by atoms with Gasteiger partial charge >= 0.3 is 0 Å². The molecule has 39 heavy (non-hydrogen) atoms. The number of amides is 2. The summed E-state index contributed by atoms with van der Waals surface area (Å²) in [5, 5.41) is 5.79. The maximum Gasteiger partial charge on any atom is 0.247 e. The van der Waals surface area contributed by atoms with Gasteiger partial charge in [0.25, 0.3) is 0 Å². The first-order valence-electron chi connectivity index (χ1n) is 12.7. The molecule has 9 nitrogen and oxygen atoms in total. The number of halogens is 3. The number of carbonyl (C=O) groups is 2. The van der Waals surface area contributed by atoms with Gasteiger partial charge in [-0.2, -0.15) is 0 Å². The lowest BCUT2D eigenvalue weighted by molar-refractivity contribution is -0.132. The highest BCUT2D eigenvalue weighted by Crippen LogP contribution is 2.37. The normalized spacial score (nSPS) is 26.4. The van der Waals surface area contributed by atoms with Crippen molar-refractivity contribution in [3.8, 4) is 5.75 Å². The van der Waals surface area contributed by atoms with E-state index < -0.39 is 16.0 Å². The van der Waals surface area contributed by atoms with Gasteiger partial charge in [-0.15, -0.1) is 11.6 Å². The number of aromatic nitrogens is 2. The van der Waals surface area contributed by atoms with Crippen LogP contribution in [0.5, 0.6) is 5.75 Å². The molecule has 2 saturated heterocycles. The molecule has 2 N–H and O–H groups in total. The second kappa shape index (κ2) is 11.6. The molecule has 4 atom stereocenters. The Bertz CT molecular complexity index is 1350. The highest BCUT2D eigenvalue weighted by atomic mass is 79.9. The second-order valence-corrected chi connectivity index (χ2v) is 11.3. The number of nitrogens with one attached hydrogen (secondary N) is 2. The molecule has 1 aromatic heterocycles. The Hall–Kier alpha value is -3.02. The van der Waals surface area contributed by atoms with Gasteiger partial charge in [0.05, 0.1) is 17.3 Å². The fourth-order valence-corrected chi connectivity index (χ4v) is 5.31. The molecule has 5 rings (SSSR count). The summed E-state index contributed by atoms with van der Waals surface area (Å²) in [5.74, 6) is 0.254. The van der Waals surface area contributed by atoms with Gasteiger partial charge in [-0.25, -0.2) is 14.4 Å². The van der Waals surface area contributed by atoms with Crippen molar-refractivity contribution in [2.45, 2.75) is 47.8 Å². The first kappa shape index (κ1) is 27.5. The summed E-state index contributed by atoms with van der Waals surface area (Å²) < 4.78 is 24.3. The predicted molar refractivity (Wildman–Crippen MR) is 151 cm³/mol. The Kier molecular flexibility index (Phi) is 8.20. The third-order valence-corrected chi connectivity index (χ3v) is 8.36. The van der Waals surface area contributed by atoms with Crippen molar-refractivity contribution in [3.63, 3.8) is 0 Å². The molecule has 1 aliphatic carbocycles. The molecule has 0 radical (unpaired) electrons. The molecule has 3 heterocycles. The zero-order chi connectivity index (χ0) is 27.6. The van der Waals surface area contributed by atoms with Gasteiger partial charge in [0.1, 0.15) is 35.9 Å². The molecule has 206 valence electrons. The highest BCUT2D eigenvalue weighted by molar-refractivity contribution is 9.10. The van der Waals surface area contributed by atoms with Gasteiger partial charge in [-0.05, 0) is 72.0 Å². The maximum absolute atomic E-state index is 14.4. The topological polar surface area (TPSA) is 106 Å². The number of fused-ring (bicyclic) bond motifs is 1. The Morgan fingerprint density at radius 3 is 2.92 bits per heavy atom. The van der Waals surface area contributed by atoms with E-state index in [4.69, 9.17) is 21.1 Å². The fraction of sp³-hybridized carbons (Fsp3) is 0.407. The number of anilines is 2. The fourth-order valence-electron chi connectivity index (χ4n) is 4.83. The monoisotopic (exact) mass is 619 g/mol. The quantitative estimate of drug-likeness (QED) is 0.322. The number of rotatable bonds is 8. The molecule has 2 fully saturated rings. The molecule has 2 amide bonds. The van der Waals surface area contributed by atoms with Crippen LogP contribution in [0.3, 0.4) is 0 Å². The Morgan fingerprint density at radius 1 is 1.33 bits per heavy atom. The van der Waals surface area contributed by atoms with E-state index in [9.17, 15) is 14.0 Å². The molecular formula is C27H28BrClFN5O4. The smallest absolute Gasteiger partial charge is 0.247 e. The van der Waals surface area contributed by atoms with Gasteiger partial charge in [0.15, 0.2) is 0 Å². The number of allylic oxidation sites excluding steroid dienone is 3. The zero-order valence-electron chi connectivity index (χ0n) is 21.0. The second-order valence-electron chi connectivity index (χ2n) is 9.57. The summed E-state index contributed by atoms with van der Waals surface area (Å²) >= 11 is 9.11. The van der Waals surface area contributed by atoms with Crippen molar-refractivity contribution in [1.29, 1.82) is 0 Å². The van der Waals surface area contributed by atoms with E-state index in [1.807, 2.05) is 0 Å². The molecular weight excluding hydrogens is 593 g/mol. The number of ether oxygens (including phenoxy) is 2. The first-order valence-corrected chi connectivity index (χ1v) is 13.9. The number of carbonyl (C=O) groups excluding carboxylic acids is 2. The van der Waals surface area contributed by atoms with E-state index in [1.165, 1.54) is 29.5 Å². The summed E-state index contributed by atoms with van der Waals surface area (Å²) in [5.41, 5.74) is 1.53. The first-order chi connectivity index (χ1) is 18.7. The summed E-state index contributed by atoms with van der Waals surface area (Å²) in [4.78, 5) is 35.9. The standard InChI is InChI=1S/C27H28BrClFN5O4/c1-2-24(36)35-9-3-6-21(35)26(37)34-20-12-18-19(13-22(20)39-14-17-5-4-10-38-17)31-15-32-25(18)33-16-7-8-27(28,30)23(29)11-16/h2,7-8,11-13,15,17,21,23H,1,3-6,9-10,14H2,(H,34,37)(H,31,32,33)/t17?,21-,23?,27?/m0/s1. The number of nitrogens with zero attached hydrogens (tertiary/aromatic N) is 3. The van der Waals surface area contributed by atoms with Gasteiger partial charge < -0.3 is 25.0 Å². The molecule has 1 aromatic carbocycles. The minimum atomic E-state index is -1.85. The SMILES string of the molecule is C=CC(=O)N1CCC[C@H]1C(=O)Nc1cc2c(NC3=CC(Cl)C(F)(Br)C=C3)ncnc2cc1OCC1CCCO1. The minimum absolute atomic E-state index is 0.0343. The van der Waals surface area contributed by atoms with Crippen LogP contribution in [0.1, 0.15) is 25.7 Å². The van der Waals surface area contributed by atoms with Gasteiger partial charge in [-0.1, -0.05) is 6.58 Å². The zero-order valence-corrected chi connectivity index (χ0v) is 23.4. The molecule has 0 saturated carbocycles. The minimum Gasteiger partial charge on any atom is -0.489 e. The Morgan fingerprint density at radius 2 is 2.18 bits per heavy atom. The molecule has 12 heteroatoms. The van der Waals surface area contributed by atoms with Crippen LogP contribution < -0.4 is 15.4 Å². The van der Waals surface area contributed by atoms with Crippen molar-refractivity contribution < 1.29 is 23.5 Å². The lowest BCUT2D eigenvalue weighted by Crippen LogP contribution is -2.42. The molecule has 3 aliphatic rings. The van der Waals surface area contributed by atoms with Crippen molar-refractivity contribution in [1.82, 2.24) is 14.9 Å². The molecule has 2 aromatic rings. The van der Waals surface area contributed by atoms with E-state index in [1.54, 1.807) is 18.2 Å². The Balaban J connectivity index is 1.46. The van der Waals surface area contributed by atoms with Gasteiger partial charge in [0, 0.05) is 30.3 Å². The number of hydrogen-bond donors (Lipinski definition) is 2. The van der Waals surface area contributed by atoms with Gasteiger partial charge in [0.2, 0.25) is 16.4 Å². The van der Waals surface area contributed by atoms with E-state index in [0.717, 1.165) is 19.3 Å². The average Bonchev–Trinajstić information content (AvgIpc) is 3.62. The molecule has 3 unspecified atom stereocenters. The van der Waals surface area contributed by atoms with Crippen molar-refractivity contribution in [2.24, 2.45) is 0 Å². The van der Waals surface area contributed by atoms with Crippen LogP contribution in [0.25, 0.3) is 10.9 Å². The van der Waals surface area contributed by atoms with Crippen LogP contribution in [0, 0.1) is 0 Å². The van der Waals surface area contributed by atoms with Crippen LogP contribution in [0.15, 0.2) is 55.0 Å². The predicted octanol–water partition coefficient (Wildman–Crippen LogP) is 4.84. The number of hydrogen-bond acceptors (Lipinski definition) is 7. The summed E-state index contributed by atoms with van der Waals surface area (Å²) in [6, 6.07) is 2.84. The third kappa shape index (κ3) is 6.10. The van der Waals surface area contributed by atoms with Crippen molar-refractivity contribution in [3.05, 3.63) is 55.0 Å². The van der Waals surface area contributed by atoms with Crippen molar-refractivity contribution in [2.75, 3.05) is 30.4 Å². The number of benzene rings is 1. The van der Waals surface area contributed by atoms with Gasteiger partial charge in [-0.3, -0.25) is 9.59 Å². The summed E-state index contributed by atoms with van der Waals surface area (Å²) in [6.45, 7) is 5.05. The molecule has 0 spiro atoms. The summed E-state index contributed by atoms with van der Waals surface area (Å²) in [7, 11) is 0. The highest BCUT2D eigenvalue weighted by Gasteiger charge is 2.35.